The number of aromatic amines is 1. The molecular formula is C17H14N6O. The number of carbonyl (C=O) groups is 1. The van der Waals surface area contributed by atoms with Crippen molar-refractivity contribution in [3.63, 3.8) is 0 Å². The molecule has 1 aromatic carbocycles. The lowest BCUT2D eigenvalue weighted by molar-refractivity contribution is 0.102. The summed E-state index contributed by atoms with van der Waals surface area (Å²) in [4.78, 5) is 20.7. The predicted octanol–water partition coefficient (Wildman–Crippen LogP) is 2.61. The first-order chi connectivity index (χ1) is 11.7. The summed E-state index contributed by atoms with van der Waals surface area (Å²) in [6.07, 6.45) is 5.13. The van der Waals surface area contributed by atoms with Crippen LogP contribution in [0, 0.1) is 0 Å². The van der Waals surface area contributed by atoms with Gasteiger partial charge in [0.1, 0.15) is 5.69 Å². The van der Waals surface area contributed by atoms with E-state index in [1.54, 1.807) is 24.8 Å². The lowest BCUT2D eigenvalue weighted by atomic mass is 10.2. The second kappa shape index (κ2) is 5.62. The number of H-pyrrole nitrogens is 1. The molecule has 118 valence electrons. The molecule has 1 amide bonds. The number of imidazole rings is 1. The van der Waals surface area contributed by atoms with E-state index in [1.165, 1.54) is 0 Å². The minimum atomic E-state index is -0.257. The number of hydrogen-bond donors (Lipinski definition) is 2. The Morgan fingerprint density at radius 1 is 1.25 bits per heavy atom. The standard InChI is InChI=1S/C17H14N6O/c1-23-10-19-14-7-12(4-5-16(14)23)20-17(24)15-8-13(21-22-15)11-3-2-6-18-9-11/h2-10H,1H3,(H,20,24)(H,21,22). The van der Waals surface area contributed by atoms with Gasteiger partial charge >= 0.3 is 0 Å². The van der Waals surface area contributed by atoms with E-state index in [9.17, 15) is 4.79 Å². The van der Waals surface area contributed by atoms with E-state index >= 15 is 0 Å². The third kappa shape index (κ3) is 2.52. The first kappa shape index (κ1) is 14.1. The van der Waals surface area contributed by atoms with Gasteiger partial charge in [0.05, 0.1) is 23.1 Å². The summed E-state index contributed by atoms with van der Waals surface area (Å²) >= 11 is 0. The molecule has 2 N–H and O–H groups in total. The Labute approximate surface area is 137 Å². The zero-order valence-corrected chi connectivity index (χ0v) is 12.9. The van der Waals surface area contributed by atoms with Crippen molar-refractivity contribution in [1.29, 1.82) is 0 Å². The van der Waals surface area contributed by atoms with Gasteiger partial charge in [-0.1, -0.05) is 0 Å². The fraction of sp³-hybridized carbons (Fsp3) is 0.0588. The molecule has 0 aliphatic rings. The number of fused-ring (bicyclic) bond motifs is 1. The molecule has 0 bridgehead atoms. The fourth-order valence-electron chi connectivity index (χ4n) is 2.51. The average molecular weight is 318 g/mol. The lowest BCUT2D eigenvalue weighted by Crippen LogP contribution is -2.12. The lowest BCUT2D eigenvalue weighted by Gasteiger charge is -2.03. The number of carbonyl (C=O) groups excluding carboxylic acids is 1. The molecule has 3 heterocycles. The number of nitrogens with zero attached hydrogens (tertiary/aromatic N) is 4. The fourth-order valence-corrected chi connectivity index (χ4v) is 2.51. The molecule has 3 aromatic heterocycles. The molecule has 24 heavy (non-hydrogen) atoms. The number of benzene rings is 1. The van der Waals surface area contributed by atoms with Crippen LogP contribution in [0.1, 0.15) is 10.5 Å². The molecule has 0 spiro atoms. The Kier molecular flexibility index (Phi) is 3.31. The molecule has 0 unspecified atom stereocenters. The second-order valence-electron chi connectivity index (χ2n) is 5.42. The minimum Gasteiger partial charge on any atom is -0.334 e. The van der Waals surface area contributed by atoms with Crippen molar-refractivity contribution in [3.05, 3.63) is 60.8 Å². The van der Waals surface area contributed by atoms with Crippen molar-refractivity contribution in [2.75, 3.05) is 5.32 Å². The second-order valence-corrected chi connectivity index (χ2v) is 5.42. The van der Waals surface area contributed by atoms with E-state index in [1.807, 2.05) is 41.9 Å². The number of aryl methyl sites for hydroxylation is 1. The molecule has 0 atom stereocenters. The average Bonchev–Trinajstić information content (AvgIpc) is 3.23. The van der Waals surface area contributed by atoms with Gasteiger partial charge in [-0.05, 0) is 36.4 Å². The molecule has 0 saturated heterocycles. The largest absolute Gasteiger partial charge is 0.334 e. The van der Waals surface area contributed by atoms with Crippen LogP contribution in [0.15, 0.2) is 55.1 Å². The third-order valence-electron chi connectivity index (χ3n) is 3.76. The van der Waals surface area contributed by atoms with E-state index in [4.69, 9.17) is 0 Å². The SMILES string of the molecule is Cn1cnc2cc(NC(=O)c3cc(-c4cccnc4)n[nH]3)ccc21. The Morgan fingerprint density at radius 2 is 2.17 bits per heavy atom. The van der Waals surface area contributed by atoms with Gasteiger partial charge in [-0.25, -0.2) is 4.98 Å². The normalized spacial score (nSPS) is 10.9. The van der Waals surface area contributed by atoms with Crippen molar-refractivity contribution in [3.8, 4) is 11.3 Å². The van der Waals surface area contributed by atoms with Gasteiger partial charge in [0.2, 0.25) is 0 Å². The Bertz CT molecular complexity index is 1020. The summed E-state index contributed by atoms with van der Waals surface area (Å²) in [5.74, 6) is -0.257. The van der Waals surface area contributed by atoms with E-state index in [-0.39, 0.29) is 5.91 Å². The first-order valence-corrected chi connectivity index (χ1v) is 7.39. The highest BCUT2D eigenvalue weighted by molar-refractivity contribution is 6.04. The maximum absolute atomic E-state index is 12.4. The molecule has 7 heteroatoms. The molecule has 0 fully saturated rings. The van der Waals surface area contributed by atoms with Gasteiger partial charge in [-0.2, -0.15) is 5.10 Å². The molecule has 0 aliphatic heterocycles. The number of anilines is 1. The highest BCUT2D eigenvalue weighted by Gasteiger charge is 2.12. The number of nitrogens with one attached hydrogen (secondary N) is 2. The van der Waals surface area contributed by atoms with Crippen molar-refractivity contribution >= 4 is 22.6 Å². The van der Waals surface area contributed by atoms with Crippen molar-refractivity contribution in [2.24, 2.45) is 7.05 Å². The monoisotopic (exact) mass is 318 g/mol. The number of rotatable bonds is 3. The molecule has 0 aliphatic carbocycles. The van der Waals surface area contributed by atoms with Gasteiger partial charge in [-0.3, -0.25) is 14.9 Å². The molecule has 7 nitrogen and oxygen atoms in total. The van der Waals surface area contributed by atoms with Crippen LogP contribution in [0.4, 0.5) is 5.69 Å². The van der Waals surface area contributed by atoms with Gasteiger partial charge in [0, 0.05) is 30.7 Å². The third-order valence-corrected chi connectivity index (χ3v) is 3.76. The summed E-state index contributed by atoms with van der Waals surface area (Å²) in [5, 5.41) is 9.77. The molecule has 0 radical (unpaired) electrons. The van der Waals surface area contributed by atoms with Gasteiger partial charge < -0.3 is 9.88 Å². The summed E-state index contributed by atoms with van der Waals surface area (Å²) < 4.78 is 1.93. The van der Waals surface area contributed by atoms with Gasteiger partial charge in [-0.15, -0.1) is 0 Å². The van der Waals surface area contributed by atoms with Crippen LogP contribution in [0.25, 0.3) is 22.3 Å². The smallest absolute Gasteiger partial charge is 0.273 e. The topological polar surface area (TPSA) is 88.5 Å². The predicted molar refractivity (Wildman–Crippen MR) is 90.5 cm³/mol. The highest BCUT2D eigenvalue weighted by atomic mass is 16.1. The maximum Gasteiger partial charge on any atom is 0.273 e. The first-order valence-electron chi connectivity index (χ1n) is 7.39. The number of aromatic nitrogens is 5. The van der Waals surface area contributed by atoms with E-state index in [0.29, 0.717) is 17.1 Å². The van der Waals surface area contributed by atoms with Gasteiger partial charge in [0.15, 0.2) is 0 Å². The van der Waals surface area contributed by atoms with Crippen LogP contribution in [0.3, 0.4) is 0 Å². The molecule has 0 saturated carbocycles. The zero-order chi connectivity index (χ0) is 16.5. The van der Waals surface area contributed by atoms with Crippen molar-refractivity contribution in [1.82, 2.24) is 24.7 Å². The van der Waals surface area contributed by atoms with E-state index < -0.39 is 0 Å². The summed E-state index contributed by atoms with van der Waals surface area (Å²) in [5.41, 5.74) is 4.43. The molecular weight excluding hydrogens is 304 g/mol. The Hall–Kier alpha value is -3.48. The van der Waals surface area contributed by atoms with Crippen LogP contribution >= 0.6 is 0 Å². The summed E-state index contributed by atoms with van der Waals surface area (Å²) in [6, 6.07) is 11.0. The van der Waals surface area contributed by atoms with Crippen LogP contribution in [-0.2, 0) is 7.05 Å². The van der Waals surface area contributed by atoms with E-state index in [0.717, 1.165) is 16.6 Å². The van der Waals surface area contributed by atoms with Crippen LogP contribution in [0.2, 0.25) is 0 Å². The maximum atomic E-state index is 12.4. The quantitative estimate of drug-likeness (QED) is 0.608. The summed E-state index contributed by atoms with van der Waals surface area (Å²) in [6.45, 7) is 0. The Balaban J connectivity index is 1.56. The number of hydrogen-bond acceptors (Lipinski definition) is 4. The van der Waals surface area contributed by atoms with Gasteiger partial charge in [0.25, 0.3) is 5.91 Å². The Morgan fingerprint density at radius 3 is 3.00 bits per heavy atom. The summed E-state index contributed by atoms with van der Waals surface area (Å²) in [7, 11) is 1.93. The number of amides is 1. The molecule has 4 rings (SSSR count). The zero-order valence-electron chi connectivity index (χ0n) is 12.9. The van der Waals surface area contributed by atoms with E-state index in [2.05, 4.69) is 25.5 Å². The number of pyridine rings is 1. The van der Waals surface area contributed by atoms with Crippen LogP contribution in [-0.4, -0.2) is 30.6 Å². The van der Waals surface area contributed by atoms with Crippen molar-refractivity contribution < 1.29 is 4.79 Å². The van der Waals surface area contributed by atoms with Crippen LogP contribution < -0.4 is 5.32 Å². The van der Waals surface area contributed by atoms with Crippen LogP contribution in [0.5, 0.6) is 0 Å². The highest BCUT2D eigenvalue weighted by Crippen LogP contribution is 2.19. The molecule has 4 aromatic rings. The minimum absolute atomic E-state index is 0.257. The van der Waals surface area contributed by atoms with Crippen molar-refractivity contribution in [2.45, 2.75) is 0 Å².